The third-order valence-electron chi connectivity index (χ3n) is 3.51. The van der Waals surface area contributed by atoms with Crippen molar-refractivity contribution in [2.75, 3.05) is 13.6 Å². The number of alkyl halides is 3. The lowest BCUT2D eigenvalue weighted by Gasteiger charge is -2.22. The number of aromatic amines is 1. The molecule has 0 saturated heterocycles. The van der Waals surface area contributed by atoms with Crippen LogP contribution in [0.15, 0.2) is 18.2 Å². The average molecular weight is 254 g/mol. The molecule has 2 aromatic rings. The third kappa shape index (κ3) is 1.70. The zero-order chi connectivity index (χ0) is 12.9. The van der Waals surface area contributed by atoms with Gasteiger partial charge in [0.2, 0.25) is 0 Å². The number of fused-ring (bicyclic) bond motifs is 3. The molecule has 2 heterocycles. The minimum absolute atomic E-state index is 0.227. The second-order valence-electron chi connectivity index (χ2n) is 4.80. The molecule has 0 aliphatic carbocycles. The van der Waals surface area contributed by atoms with Crippen LogP contribution >= 0.6 is 0 Å². The number of aromatic nitrogens is 1. The van der Waals surface area contributed by atoms with Crippen molar-refractivity contribution in [1.82, 2.24) is 9.88 Å². The van der Waals surface area contributed by atoms with Crippen LogP contribution in [0.1, 0.15) is 16.8 Å². The normalized spacial score (nSPS) is 17.1. The number of halogens is 3. The molecule has 18 heavy (non-hydrogen) atoms. The summed E-state index contributed by atoms with van der Waals surface area (Å²) >= 11 is 0. The number of nitrogens with one attached hydrogen (secondary N) is 1. The SMILES string of the molecule is CN1CCc2[nH]c3c(C(F)(F)F)cccc3c2C1. The molecule has 1 aromatic carbocycles. The molecule has 1 aliphatic rings. The number of hydrogen-bond donors (Lipinski definition) is 1. The van der Waals surface area contributed by atoms with Crippen molar-refractivity contribution in [2.45, 2.75) is 19.1 Å². The molecule has 0 atom stereocenters. The maximum atomic E-state index is 12.9. The van der Waals surface area contributed by atoms with E-state index in [1.807, 2.05) is 7.05 Å². The Morgan fingerprint density at radius 2 is 2.06 bits per heavy atom. The molecule has 5 heteroatoms. The van der Waals surface area contributed by atoms with Gasteiger partial charge in [0, 0.05) is 30.6 Å². The molecule has 96 valence electrons. The molecule has 1 aliphatic heterocycles. The molecule has 0 saturated carbocycles. The second kappa shape index (κ2) is 3.75. The van der Waals surface area contributed by atoms with Crippen LogP contribution in [-0.2, 0) is 19.1 Å². The number of hydrogen-bond acceptors (Lipinski definition) is 1. The van der Waals surface area contributed by atoms with E-state index < -0.39 is 11.7 Å². The molecule has 0 spiro atoms. The number of para-hydroxylation sites is 1. The van der Waals surface area contributed by atoms with Crippen molar-refractivity contribution in [3.63, 3.8) is 0 Å². The molecule has 0 amide bonds. The lowest BCUT2D eigenvalue weighted by Crippen LogP contribution is -2.25. The van der Waals surface area contributed by atoms with Gasteiger partial charge in [0.25, 0.3) is 0 Å². The van der Waals surface area contributed by atoms with Gasteiger partial charge in [0.15, 0.2) is 0 Å². The van der Waals surface area contributed by atoms with E-state index >= 15 is 0 Å². The highest BCUT2D eigenvalue weighted by atomic mass is 19.4. The van der Waals surface area contributed by atoms with Gasteiger partial charge in [-0.2, -0.15) is 13.2 Å². The van der Waals surface area contributed by atoms with Crippen LogP contribution in [0.4, 0.5) is 13.2 Å². The van der Waals surface area contributed by atoms with Crippen LogP contribution in [0, 0.1) is 0 Å². The molecular formula is C13H13F3N2. The van der Waals surface area contributed by atoms with Gasteiger partial charge < -0.3 is 9.88 Å². The maximum absolute atomic E-state index is 12.9. The van der Waals surface area contributed by atoms with Gasteiger partial charge in [-0.05, 0) is 18.7 Å². The van der Waals surface area contributed by atoms with Gasteiger partial charge in [-0.15, -0.1) is 0 Å². The summed E-state index contributed by atoms with van der Waals surface area (Å²) in [6.45, 7) is 1.58. The Bertz CT molecular complexity index is 598. The Balaban J connectivity index is 2.26. The first-order chi connectivity index (χ1) is 8.47. The first kappa shape index (κ1) is 11.6. The maximum Gasteiger partial charge on any atom is 0.418 e. The summed E-state index contributed by atoms with van der Waals surface area (Å²) in [6.07, 6.45) is -3.53. The summed E-state index contributed by atoms with van der Waals surface area (Å²) in [7, 11) is 1.98. The molecule has 0 radical (unpaired) electrons. The summed E-state index contributed by atoms with van der Waals surface area (Å²) in [4.78, 5) is 5.09. The van der Waals surface area contributed by atoms with Crippen molar-refractivity contribution in [3.05, 3.63) is 35.0 Å². The summed E-state index contributed by atoms with van der Waals surface area (Å²) in [6, 6.07) is 4.38. The Hall–Kier alpha value is -1.49. The Morgan fingerprint density at radius 3 is 2.78 bits per heavy atom. The standard InChI is InChI=1S/C13H13F3N2/c1-18-6-5-11-9(7-18)8-3-2-4-10(12(8)17-11)13(14,15)16/h2-4,17H,5-7H2,1H3. The van der Waals surface area contributed by atoms with Gasteiger partial charge in [-0.1, -0.05) is 12.1 Å². The molecular weight excluding hydrogens is 241 g/mol. The Kier molecular flexibility index (Phi) is 2.41. The van der Waals surface area contributed by atoms with E-state index in [0.29, 0.717) is 11.9 Å². The highest BCUT2D eigenvalue weighted by Crippen LogP contribution is 2.37. The molecule has 3 rings (SSSR count). The molecule has 0 bridgehead atoms. The topological polar surface area (TPSA) is 19.0 Å². The minimum Gasteiger partial charge on any atom is -0.358 e. The Labute approximate surface area is 102 Å². The van der Waals surface area contributed by atoms with E-state index in [9.17, 15) is 13.2 Å². The van der Waals surface area contributed by atoms with Crippen LogP contribution in [0.25, 0.3) is 10.9 Å². The summed E-state index contributed by atoms with van der Waals surface area (Å²) < 4.78 is 38.8. The van der Waals surface area contributed by atoms with E-state index in [0.717, 1.165) is 30.3 Å². The molecule has 0 unspecified atom stereocenters. The van der Waals surface area contributed by atoms with Crippen LogP contribution in [0.2, 0.25) is 0 Å². The zero-order valence-electron chi connectivity index (χ0n) is 9.93. The minimum atomic E-state index is -4.31. The molecule has 1 N–H and O–H groups in total. The predicted octanol–water partition coefficient (Wildman–Crippen LogP) is 3.17. The largest absolute Gasteiger partial charge is 0.418 e. The summed E-state index contributed by atoms with van der Waals surface area (Å²) in [5.74, 6) is 0. The molecule has 0 fully saturated rings. The number of benzene rings is 1. The van der Waals surface area contributed by atoms with Crippen molar-refractivity contribution < 1.29 is 13.2 Å². The van der Waals surface area contributed by atoms with Crippen LogP contribution in [0.5, 0.6) is 0 Å². The number of H-pyrrole nitrogens is 1. The lowest BCUT2D eigenvalue weighted by atomic mass is 10.0. The zero-order valence-corrected chi connectivity index (χ0v) is 9.93. The van der Waals surface area contributed by atoms with Crippen molar-refractivity contribution in [3.8, 4) is 0 Å². The summed E-state index contributed by atoms with van der Waals surface area (Å²) in [5, 5.41) is 0.700. The van der Waals surface area contributed by atoms with E-state index in [4.69, 9.17) is 0 Å². The fraction of sp³-hybridized carbons (Fsp3) is 0.385. The lowest BCUT2D eigenvalue weighted by molar-refractivity contribution is -0.136. The highest BCUT2D eigenvalue weighted by Gasteiger charge is 2.34. The van der Waals surface area contributed by atoms with Crippen molar-refractivity contribution >= 4 is 10.9 Å². The fourth-order valence-corrected chi connectivity index (χ4v) is 2.61. The van der Waals surface area contributed by atoms with Crippen LogP contribution < -0.4 is 0 Å². The quantitative estimate of drug-likeness (QED) is 0.765. The van der Waals surface area contributed by atoms with Crippen molar-refractivity contribution in [1.29, 1.82) is 0 Å². The van der Waals surface area contributed by atoms with E-state index in [1.54, 1.807) is 6.07 Å². The molecule has 2 nitrogen and oxygen atoms in total. The third-order valence-corrected chi connectivity index (χ3v) is 3.51. The first-order valence-electron chi connectivity index (χ1n) is 5.85. The van der Waals surface area contributed by atoms with E-state index in [1.165, 1.54) is 6.07 Å². The predicted molar refractivity (Wildman–Crippen MR) is 63.3 cm³/mol. The van der Waals surface area contributed by atoms with Gasteiger partial charge in [-0.3, -0.25) is 0 Å². The van der Waals surface area contributed by atoms with E-state index in [-0.39, 0.29) is 5.52 Å². The smallest absolute Gasteiger partial charge is 0.358 e. The van der Waals surface area contributed by atoms with Crippen LogP contribution in [0.3, 0.4) is 0 Å². The van der Waals surface area contributed by atoms with Gasteiger partial charge in [0.1, 0.15) is 0 Å². The first-order valence-corrected chi connectivity index (χ1v) is 5.85. The van der Waals surface area contributed by atoms with Crippen LogP contribution in [-0.4, -0.2) is 23.5 Å². The van der Waals surface area contributed by atoms with Crippen molar-refractivity contribution in [2.24, 2.45) is 0 Å². The van der Waals surface area contributed by atoms with Gasteiger partial charge >= 0.3 is 6.18 Å². The molecule has 1 aromatic heterocycles. The van der Waals surface area contributed by atoms with E-state index in [2.05, 4.69) is 9.88 Å². The number of nitrogens with zero attached hydrogens (tertiary/aromatic N) is 1. The second-order valence-corrected chi connectivity index (χ2v) is 4.80. The summed E-state index contributed by atoms with van der Waals surface area (Å²) in [5.41, 5.74) is 1.60. The number of likely N-dealkylation sites (N-methyl/N-ethyl adjacent to an activating group) is 1. The van der Waals surface area contributed by atoms with Gasteiger partial charge in [-0.25, -0.2) is 0 Å². The fourth-order valence-electron chi connectivity index (χ4n) is 2.61. The van der Waals surface area contributed by atoms with Gasteiger partial charge in [0.05, 0.1) is 11.1 Å². The monoisotopic (exact) mass is 254 g/mol. The Morgan fingerprint density at radius 1 is 1.28 bits per heavy atom. The highest BCUT2D eigenvalue weighted by molar-refractivity contribution is 5.88. The average Bonchev–Trinajstić information content (AvgIpc) is 2.65. The number of rotatable bonds is 0.